The molecule has 3 N–H and O–H groups in total. The van der Waals surface area contributed by atoms with Crippen molar-refractivity contribution < 1.29 is 34.1 Å². The average Bonchev–Trinajstić information content (AvgIpc) is 2.96. The van der Waals surface area contributed by atoms with E-state index in [1.807, 2.05) is 54.6 Å². The highest BCUT2D eigenvalue weighted by molar-refractivity contribution is 8.00. The summed E-state index contributed by atoms with van der Waals surface area (Å²) in [6.07, 6.45) is -0.236. The quantitative estimate of drug-likeness (QED) is 0.111. The number of aliphatic carboxylic acids is 2. The average molecular weight is 606 g/mol. The van der Waals surface area contributed by atoms with Gasteiger partial charge in [0.15, 0.2) is 0 Å². The number of benzene rings is 3. The van der Waals surface area contributed by atoms with Gasteiger partial charge in [0, 0.05) is 5.92 Å². The van der Waals surface area contributed by atoms with Crippen LogP contribution < -0.4 is 5.32 Å². The molecule has 43 heavy (non-hydrogen) atoms. The van der Waals surface area contributed by atoms with Crippen LogP contribution in [-0.2, 0) is 28.7 Å². The molecule has 0 saturated carbocycles. The number of carboxylic acid groups (broad SMARTS) is 2. The van der Waals surface area contributed by atoms with Crippen molar-refractivity contribution in [2.45, 2.75) is 62.8 Å². The summed E-state index contributed by atoms with van der Waals surface area (Å²) < 4.78 is 4.88. The van der Waals surface area contributed by atoms with E-state index in [4.69, 9.17) is 9.84 Å². The molecular weight excluding hydrogens is 566 g/mol. The molecule has 0 fully saturated rings. The molecule has 0 aromatic heterocycles. The number of ether oxygens (including phenoxy) is 1. The van der Waals surface area contributed by atoms with Crippen LogP contribution in [0, 0.1) is 5.92 Å². The van der Waals surface area contributed by atoms with Crippen LogP contribution in [0.4, 0.5) is 0 Å². The van der Waals surface area contributed by atoms with Gasteiger partial charge in [0.25, 0.3) is 0 Å². The first kappa shape index (κ1) is 33.4. The molecule has 3 rings (SSSR count). The van der Waals surface area contributed by atoms with Gasteiger partial charge in [-0.15, -0.1) is 11.8 Å². The summed E-state index contributed by atoms with van der Waals surface area (Å²) in [5.41, 5.74) is 2.52. The maximum absolute atomic E-state index is 13.2. The van der Waals surface area contributed by atoms with Gasteiger partial charge in [0.2, 0.25) is 5.91 Å². The fourth-order valence-electron chi connectivity index (χ4n) is 4.90. The van der Waals surface area contributed by atoms with Crippen molar-refractivity contribution in [3.05, 3.63) is 108 Å². The molecule has 0 aliphatic heterocycles. The Labute approximate surface area is 256 Å². The van der Waals surface area contributed by atoms with Gasteiger partial charge in [-0.25, -0.2) is 4.79 Å². The SMILES string of the molecule is CC(C)(C)OC(=O)CC(CCCSC(c1ccccc1)(c1ccccc1)c1ccccc1)C(=O)NC(CC(=O)O)C(=O)O. The number of hydrogen-bond acceptors (Lipinski definition) is 6. The van der Waals surface area contributed by atoms with Crippen LogP contribution in [0.2, 0.25) is 0 Å². The molecule has 2 unspecified atom stereocenters. The van der Waals surface area contributed by atoms with Crippen LogP contribution in [0.25, 0.3) is 0 Å². The number of thioether (sulfide) groups is 1. The minimum atomic E-state index is -1.61. The topological polar surface area (TPSA) is 130 Å². The fourth-order valence-corrected chi connectivity index (χ4v) is 6.42. The third kappa shape index (κ3) is 9.71. The summed E-state index contributed by atoms with van der Waals surface area (Å²) in [5, 5.41) is 20.9. The van der Waals surface area contributed by atoms with Crippen molar-refractivity contribution in [2.75, 3.05) is 5.75 Å². The molecule has 3 aromatic carbocycles. The van der Waals surface area contributed by atoms with Crippen molar-refractivity contribution in [1.82, 2.24) is 5.32 Å². The standard InChI is InChI=1S/C34H39NO7S/c1-33(2,3)42-30(38)22-24(31(39)35-28(32(40)41)23-29(36)37)14-13-21-43-34(25-15-7-4-8-16-25,26-17-9-5-10-18-26)27-19-11-6-12-20-27/h4-12,15-20,24,28H,13-14,21-23H2,1-3H3,(H,35,39)(H,36,37)(H,40,41). The minimum absolute atomic E-state index is 0.256. The van der Waals surface area contributed by atoms with Crippen LogP contribution in [0.15, 0.2) is 91.0 Å². The molecule has 3 aromatic rings. The lowest BCUT2D eigenvalue weighted by Crippen LogP contribution is -2.45. The molecule has 0 aliphatic carbocycles. The highest BCUT2D eigenvalue weighted by atomic mass is 32.2. The first-order valence-corrected chi connectivity index (χ1v) is 15.2. The van der Waals surface area contributed by atoms with E-state index in [2.05, 4.69) is 41.7 Å². The van der Waals surface area contributed by atoms with E-state index in [1.54, 1.807) is 32.5 Å². The van der Waals surface area contributed by atoms with Gasteiger partial charge in [-0.2, -0.15) is 0 Å². The molecular formula is C34H39NO7S. The van der Waals surface area contributed by atoms with E-state index in [9.17, 15) is 24.3 Å². The van der Waals surface area contributed by atoms with Crippen LogP contribution in [0.3, 0.4) is 0 Å². The van der Waals surface area contributed by atoms with E-state index >= 15 is 0 Å². The fraction of sp³-hybridized carbons (Fsp3) is 0.353. The summed E-state index contributed by atoms with van der Waals surface area (Å²) in [6.45, 7) is 5.17. The minimum Gasteiger partial charge on any atom is -0.481 e. The summed E-state index contributed by atoms with van der Waals surface area (Å²) in [6, 6.07) is 28.9. The largest absolute Gasteiger partial charge is 0.481 e. The molecule has 0 aliphatic rings. The highest BCUT2D eigenvalue weighted by Crippen LogP contribution is 2.48. The van der Waals surface area contributed by atoms with Gasteiger partial charge in [-0.3, -0.25) is 14.4 Å². The highest BCUT2D eigenvalue weighted by Gasteiger charge is 2.37. The molecule has 0 bridgehead atoms. The van der Waals surface area contributed by atoms with Gasteiger partial charge >= 0.3 is 17.9 Å². The van der Waals surface area contributed by atoms with Crippen LogP contribution in [-0.4, -0.2) is 51.4 Å². The van der Waals surface area contributed by atoms with E-state index in [1.165, 1.54) is 0 Å². The van der Waals surface area contributed by atoms with Crippen molar-refractivity contribution in [3.63, 3.8) is 0 Å². The number of nitrogens with one attached hydrogen (secondary N) is 1. The van der Waals surface area contributed by atoms with E-state index in [-0.39, 0.29) is 12.8 Å². The molecule has 0 radical (unpaired) electrons. The van der Waals surface area contributed by atoms with Crippen molar-refractivity contribution in [1.29, 1.82) is 0 Å². The zero-order valence-corrected chi connectivity index (χ0v) is 25.5. The van der Waals surface area contributed by atoms with E-state index in [0.29, 0.717) is 12.2 Å². The normalized spacial score (nSPS) is 13.0. The Morgan fingerprint density at radius 3 is 1.63 bits per heavy atom. The summed E-state index contributed by atoms with van der Waals surface area (Å²) in [7, 11) is 0. The van der Waals surface area contributed by atoms with Crippen molar-refractivity contribution >= 4 is 35.6 Å². The Hall–Kier alpha value is -4.11. The Bertz CT molecular complexity index is 1260. The van der Waals surface area contributed by atoms with E-state index < -0.39 is 52.5 Å². The molecule has 0 heterocycles. The lowest BCUT2D eigenvalue weighted by atomic mass is 9.84. The number of carbonyl (C=O) groups excluding carboxylic acids is 2. The predicted molar refractivity (Wildman–Crippen MR) is 167 cm³/mol. The van der Waals surface area contributed by atoms with Crippen molar-refractivity contribution in [3.8, 4) is 0 Å². The first-order valence-electron chi connectivity index (χ1n) is 14.2. The Balaban J connectivity index is 1.87. The predicted octanol–water partition coefficient (Wildman–Crippen LogP) is 5.88. The van der Waals surface area contributed by atoms with Gasteiger partial charge in [0.05, 0.1) is 17.6 Å². The van der Waals surface area contributed by atoms with Gasteiger partial charge in [0.1, 0.15) is 11.6 Å². The third-order valence-electron chi connectivity index (χ3n) is 6.75. The molecule has 9 heteroatoms. The van der Waals surface area contributed by atoms with Crippen molar-refractivity contribution in [2.24, 2.45) is 5.92 Å². The van der Waals surface area contributed by atoms with Gasteiger partial charge in [-0.05, 0) is 56.1 Å². The number of amides is 1. The second-order valence-corrected chi connectivity index (χ2v) is 12.6. The number of esters is 1. The molecule has 228 valence electrons. The van der Waals surface area contributed by atoms with Gasteiger partial charge in [-0.1, -0.05) is 91.0 Å². The van der Waals surface area contributed by atoms with Crippen LogP contribution in [0.5, 0.6) is 0 Å². The summed E-state index contributed by atoms with van der Waals surface area (Å²) in [4.78, 5) is 48.7. The smallest absolute Gasteiger partial charge is 0.326 e. The number of hydrogen-bond donors (Lipinski definition) is 3. The lowest BCUT2D eigenvalue weighted by Gasteiger charge is -2.35. The molecule has 1 amide bonds. The third-order valence-corrected chi connectivity index (χ3v) is 8.39. The lowest BCUT2D eigenvalue weighted by molar-refractivity contribution is -0.157. The second-order valence-electron chi connectivity index (χ2n) is 11.3. The molecule has 0 saturated heterocycles. The Kier molecular flexibility index (Phi) is 11.9. The number of carboxylic acids is 2. The van der Waals surface area contributed by atoms with E-state index in [0.717, 1.165) is 16.7 Å². The monoisotopic (exact) mass is 605 g/mol. The molecule has 0 spiro atoms. The zero-order valence-electron chi connectivity index (χ0n) is 24.7. The van der Waals surface area contributed by atoms with Crippen LogP contribution in [0.1, 0.15) is 63.1 Å². The molecule has 8 nitrogen and oxygen atoms in total. The summed E-state index contributed by atoms with van der Waals surface area (Å²) in [5.74, 6) is -4.38. The maximum Gasteiger partial charge on any atom is 0.326 e. The maximum atomic E-state index is 13.2. The second kappa shape index (κ2) is 15.4. The number of rotatable bonds is 15. The number of carbonyl (C=O) groups is 4. The Morgan fingerprint density at radius 2 is 1.23 bits per heavy atom. The zero-order chi connectivity index (χ0) is 31.5. The van der Waals surface area contributed by atoms with Crippen LogP contribution >= 0.6 is 11.8 Å². The Morgan fingerprint density at radius 1 is 0.767 bits per heavy atom. The molecule has 2 atom stereocenters. The summed E-state index contributed by atoms with van der Waals surface area (Å²) >= 11 is 1.72. The van der Waals surface area contributed by atoms with Gasteiger partial charge < -0.3 is 20.3 Å². The first-order chi connectivity index (χ1) is 20.4.